The fourth-order valence-electron chi connectivity index (χ4n) is 2.16. The maximum Gasteiger partial charge on any atom is 0.312 e. The van der Waals surface area contributed by atoms with Crippen LogP contribution in [0.3, 0.4) is 0 Å². The van der Waals surface area contributed by atoms with E-state index in [4.69, 9.17) is 4.74 Å². The maximum atomic E-state index is 12.2. The fourth-order valence-corrected chi connectivity index (χ4v) is 5.22. The van der Waals surface area contributed by atoms with Crippen molar-refractivity contribution in [1.29, 1.82) is 0 Å². The first kappa shape index (κ1) is 16.6. The third-order valence-corrected chi connectivity index (χ3v) is 6.50. The molecule has 0 bridgehead atoms. The van der Waals surface area contributed by atoms with Crippen molar-refractivity contribution in [1.82, 2.24) is 4.72 Å². The third kappa shape index (κ3) is 3.54. The smallest absolute Gasteiger partial charge is 0.312 e. The van der Waals surface area contributed by atoms with Crippen LogP contribution in [-0.4, -0.2) is 46.4 Å². The Hall–Kier alpha value is -1.72. The number of sulfone groups is 1. The molecule has 2 rings (SSSR count). The lowest BCUT2D eigenvalue weighted by Gasteiger charge is -2.12. The Labute approximate surface area is 127 Å². The minimum absolute atomic E-state index is 0.0626. The Bertz CT molecular complexity index is 802. The summed E-state index contributed by atoms with van der Waals surface area (Å²) < 4.78 is 54.2. The second-order valence-corrected chi connectivity index (χ2v) is 8.75. The number of hydrogen-bond donors (Lipinski definition) is 1. The van der Waals surface area contributed by atoms with Gasteiger partial charge < -0.3 is 4.74 Å². The van der Waals surface area contributed by atoms with Gasteiger partial charge in [0, 0.05) is 12.1 Å². The third-order valence-electron chi connectivity index (χ3n) is 3.21. The lowest BCUT2D eigenvalue weighted by molar-refractivity contribution is -0.386. The van der Waals surface area contributed by atoms with Gasteiger partial charge in [0.15, 0.2) is 15.6 Å². The van der Waals surface area contributed by atoms with E-state index in [9.17, 15) is 26.9 Å². The van der Waals surface area contributed by atoms with Crippen molar-refractivity contribution in [3.05, 3.63) is 28.3 Å². The number of hydrogen-bond acceptors (Lipinski definition) is 7. The largest absolute Gasteiger partial charge is 0.490 e. The van der Waals surface area contributed by atoms with Crippen LogP contribution in [0.15, 0.2) is 23.1 Å². The number of methoxy groups -OCH3 is 1. The van der Waals surface area contributed by atoms with E-state index < -0.39 is 36.5 Å². The highest BCUT2D eigenvalue weighted by atomic mass is 32.2. The van der Waals surface area contributed by atoms with Crippen LogP contribution in [-0.2, 0) is 19.9 Å². The summed E-state index contributed by atoms with van der Waals surface area (Å²) in [6.45, 7) is 0. The van der Waals surface area contributed by atoms with E-state index in [-0.39, 0.29) is 28.6 Å². The molecule has 1 N–H and O–H groups in total. The summed E-state index contributed by atoms with van der Waals surface area (Å²) in [4.78, 5) is 9.85. The van der Waals surface area contributed by atoms with Crippen LogP contribution >= 0.6 is 0 Å². The first-order chi connectivity index (χ1) is 10.1. The summed E-state index contributed by atoms with van der Waals surface area (Å²) in [5, 5.41) is 10.9. The second kappa shape index (κ2) is 5.82. The molecule has 122 valence electrons. The lowest BCUT2D eigenvalue weighted by atomic mass is 10.3. The highest BCUT2D eigenvalue weighted by molar-refractivity contribution is 7.92. The van der Waals surface area contributed by atoms with Crippen LogP contribution in [0.1, 0.15) is 6.42 Å². The molecule has 0 amide bonds. The molecule has 1 aliphatic heterocycles. The van der Waals surface area contributed by atoms with E-state index in [1.54, 1.807) is 0 Å². The predicted octanol–water partition coefficient (Wildman–Crippen LogP) is 0.0688. The molecule has 1 aliphatic rings. The zero-order valence-corrected chi connectivity index (χ0v) is 13.2. The van der Waals surface area contributed by atoms with Crippen LogP contribution in [0, 0.1) is 10.1 Å². The van der Waals surface area contributed by atoms with Crippen molar-refractivity contribution in [2.45, 2.75) is 17.4 Å². The molecule has 0 saturated carbocycles. The summed E-state index contributed by atoms with van der Waals surface area (Å²) in [6.07, 6.45) is 0.180. The number of nitro groups is 1. The normalized spacial score (nSPS) is 20.7. The first-order valence-electron chi connectivity index (χ1n) is 6.20. The first-order valence-corrected chi connectivity index (χ1v) is 9.50. The van der Waals surface area contributed by atoms with Gasteiger partial charge >= 0.3 is 5.69 Å². The molecular weight excluding hydrogens is 336 g/mol. The van der Waals surface area contributed by atoms with E-state index in [0.717, 1.165) is 12.1 Å². The molecular formula is C11H14N2O7S2. The molecule has 9 nitrogen and oxygen atoms in total. The summed E-state index contributed by atoms with van der Waals surface area (Å²) >= 11 is 0. The molecule has 1 heterocycles. The van der Waals surface area contributed by atoms with Crippen molar-refractivity contribution in [2.24, 2.45) is 0 Å². The Morgan fingerprint density at radius 2 is 2.09 bits per heavy atom. The minimum Gasteiger partial charge on any atom is -0.490 e. The molecule has 22 heavy (non-hydrogen) atoms. The van der Waals surface area contributed by atoms with Gasteiger partial charge in [0.1, 0.15) is 0 Å². The number of nitrogens with zero attached hydrogens (tertiary/aromatic N) is 1. The zero-order chi connectivity index (χ0) is 16.5. The van der Waals surface area contributed by atoms with Crippen molar-refractivity contribution in [3.63, 3.8) is 0 Å². The van der Waals surface area contributed by atoms with Gasteiger partial charge in [-0.3, -0.25) is 10.1 Å². The van der Waals surface area contributed by atoms with Gasteiger partial charge in [0.25, 0.3) is 0 Å². The minimum atomic E-state index is -4.05. The Kier molecular flexibility index (Phi) is 4.40. The average Bonchev–Trinajstić information content (AvgIpc) is 2.76. The van der Waals surface area contributed by atoms with Gasteiger partial charge in [-0.15, -0.1) is 0 Å². The Balaban J connectivity index is 2.30. The molecule has 0 radical (unpaired) electrons. The van der Waals surface area contributed by atoms with Crippen LogP contribution < -0.4 is 9.46 Å². The SMILES string of the molecule is COc1ccc(S(=O)(=O)NC2CCS(=O)(=O)C2)cc1[N+](=O)[O-]. The number of rotatable bonds is 5. The molecule has 1 saturated heterocycles. The van der Waals surface area contributed by atoms with Crippen molar-refractivity contribution >= 4 is 25.5 Å². The molecule has 1 fully saturated rings. The number of nitro benzene ring substituents is 1. The van der Waals surface area contributed by atoms with Crippen LogP contribution in [0.4, 0.5) is 5.69 Å². The standard InChI is InChI=1S/C11H14N2O7S2/c1-20-11-3-2-9(6-10(11)13(14)15)22(18,19)12-8-4-5-21(16,17)7-8/h2-3,6,8,12H,4-5,7H2,1H3. The van der Waals surface area contributed by atoms with Gasteiger partial charge in [-0.25, -0.2) is 21.6 Å². The molecule has 1 unspecified atom stereocenters. The highest BCUT2D eigenvalue weighted by Crippen LogP contribution is 2.29. The molecule has 0 aliphatic carbocycles. The number of nitrogens with one attached hydrogen (secondary N) is 1. The number of ether oxygens (including phenoxy) is 1. The Morgan fingerprint density at radius 3 is 2.59 bits per heavy atom. The van der Waals surface area contributed by atoms with Gasteiger partial charge in [0.05, 0.1) is 28.4 Å². The summed E-state index contributed by atoms with van der Waals surface area (Å²) in [5.41, 5.74) is -0.482. The molecule has 1 aromatic rings. The molecule has 0 aromatic heterocycles. The van der Waals surface area contributed by atoms with Gasteiger partial charge in [-0.1, -0.05) is 0 Å². The molecule has 11 heteroatoms. The van der Waals surface area contributed by atoms with Gasteiger partial charge in [0.2, 0.25) is 10.0 Å². The van der Waals surface area contributed by atoms with E-state index in [0.29, 0.717) is 0 Å². The summed E-state index contributed by atoms with van der Waals surface area (Å²) in [6, 6.07) is 2.50. The van der Waals surface area contributed by atoms with Crippen LogP contribution in [0.5, 0.6) is 5.75 Å². The van der Waals surface area contributed by atoms with Crippen LogP contribution in [0.25, 0.3) is 0 Å². The quantitative estimate of drug-likeness (QED) is 0.587. The van der Waals surface area contributed by atoms with Crippen LogP contribution in [0.2, 0.25) is 0 Å². The summed E-state index contributed by atoms with van der Waals surface area (Å²) in [5.74, 6) is -0.416. The monoisotopic (exact) mass is 350 g/mol. The van der Waals surface area contributed by atoms with Crippen molar-refractivity contribution in [2.75, 3.05) is 18.6 Å². The fraction of sp³-hybridized carbons (Fsp3) is 0.455. The van der Waals surface area contributed by atoms with Crippen molar-refractivity contribution in [3.8, 4) is 5.75 Å². The lowest BCUT2D eigenvalue weighted by Crippen LogP contribution is -2.35. The Morgan fingerprint density at radius 1 is 1.41 bits per heavy atom. The summed E-state index contributed by atoms with van der Waals surface area (Å²) in [7, 11) is -6.05. The molecule has 1 atom stereocenters. The molecule has 1 aromatic carbocycles. The number of benzene rings is 1. The zero-order valence-electron chi connectivity index (χ0n) is 11.6. The van der Waals surface area contributed by atoms with E-state index >= 15 is 0 Å². The maximum absolute atomic E-state index is 12.2. The van der Waals surface area contributed by atoms with Gasteiger partial charge in [-0.2, -0.15) is 0 Å². The van der Waals surface area contributed by atoms with Crippen molar-refractivity contribution < 1.29 is 26.5 Å². The second-order valence-electron chi connectivity index (χ2n) is 4.81. The van der Waals surface area contributed by atoms with E-state index in [1.165, 1.54) is 13.2 Å². The topological polar surface area (TPSA) is 133 Å². The number of sulfonamides is 1. The average molecular weight is 350 g/mol. The van der Waals surface area contributed by atoms with E-state index in [1.807, 2.05) is 0 Å². The highest BCUT2D eigenvalue weighted by Gasteiger charge is 2.32. The predicted molar refractivity (Wildman–Crippen MR) is 77.0 cm³/mol. The van der Waals surface area contributed by atoms with Gasteiger partial charge in [-0.05, 0) is 18.6 Å². The molecule has 0 spiro atoms. The van der Waals surface area contributed by atoms with E-state index in [2.05, 4.69) is 4.72 Å².